The number of ether oxygens (including phenoxy) is 1. The first-order chi connectivity index (χ1) is 10.8. The molecule has 0 heterocycles. The monoisotopic (exact) mass is 314 g/mol. The van der Waals surface area contributed by atoms with Crippen LogP contribution in [0.1, 0.15) is 33.3 Å². The maximum absolute atomic E-state index is 5.18. The van der Waals surface area contributed by atoms with E-state index in [0.29, 0.717) is 6.04 Å². The molecule has 0 amide bonds. The van der Waals surface area contributed by atoms with Crippen molar-refractivity contribution in [3.05, 3.63) is 60.8 Å². The van der Waals surface area contributed by atoms with Gasteiger partial charge in [-0.3, -0.25) is 0 Å². The number of benzene rings is 1. The minimum absolute atomic E-state index is 0.0612. The van der Waals surface area contributed by atoms with Gasteiger partial charge in [-0.2, -0.15) is 0 Å². The van der Waals surface area contributed by atoms with E-state index in [4.69, 9.17) is 4.74 Å². The lowest BCUT2D eigenvalue weighted by molar-refractivity contribution is 0.269. The van der Waals surface area contributed by atoms with E-state index in [1.54, 1.807) is 13.2 Å². The highest BCUT2D eigenvalue weighted by molar-refractivity contribution is 5.62. The fraction of sp³-hybridized carbons (Fsp3) is 0.400. The van der Waals surface area contributed by atoms with E-state index < -0.39 is 0 Å². The SMILES string of the molecule is C=C/C=C(\C)NC(C)C(C)(C)CNC(=C)c1ccc(OC)cc1. The molecule has 0 aliphatic carbocycles. The zero-order valence-electron chi connectivity index (χ0n) is 15.1. The topological polar surface area (TPSA) is 33.3 Å². The van der Waals surface area contributed by atoms with Crippen LogP contribution < -0.4 is 15.4 Å². The van der Waals surface area contributed by atoms with E-state index in [9.17, 15) is 0 Å². The van der Waals surface area contributed by atoms with Crippen molar-refractivity contribution in [1.29, 1.82) is 0 Å². The van der Waals surface area contributed by atoms with Crippen molar-refractivity contribution in [3.63, 3.8) is 0 Å². The van der Waals surface area contributed by atoms with Crippen LogP contribution in [-0.2, 0) is 0 Å². The second kappa shape index (κ2) is 8.47. The van der Waals surface area contributed by atoms with Crippen LogP contribution in [0.3, 0.4) is 0 Å². The minimum atomic E-state index is 0.0612. The van der Waals surface area contributed by atoms with Gasteiger partial charge in [0.2, 0.25) is 0 Å². The Morgan fingerprint density at radius 2 is 1.91 bits per heavy atom. The summed E-state index contributed by atoms with van der Waals surface area (Å²) in [5, 5.41) is 6.95. The van der Waals surface area contributed by atoms with Crippen molar-refractivity contribution in [3.8, 4) is 5.75 Å². The fourth-order valence-electron chi connectivity index (χ4n) is 2.14. The average Bonchev–Trinajstić information content (AvgIpc) is 2.53. The first-order valence-corrected chi connectivity index (χ1v) is 7.93. The van der Waals surface area contributed by atoms with Crippen LogP contribution in [0, 0.1) is 5.41 Å². The molecule has 1 aromatic rings. The molecule has 0 fully saturated rings. The summed E-state index contributed by atoms with van der Waals surface area (Å²) in [6, 6.07) is 8.23. The molecule has 2 N–H and O–H groups in total. The smallest absolute Gasteiger partial charge is 0.118 e. The molecule has 1 atom stereocenters. The number of rotatable bonds is 9. The second-order valence-corrected chi connectivity index (χ2v) is 6.50. The molecule has 0 bridgehead atoms. The summed E-state index contributed by atoms with van der Waals surface area (Å²) in [4.78, 5) is 0. The predicted molar refractivity (Wildman–Crippen MR) is 100 cm³/mol. The lowest BCUT2D eigenvalue weighted by atomic mass is 9.85. The molecule has 23 heavy (non-hydrogen) atoms. The van der Waals surface area contributed by atoms with Crippen molar-refractivity contribution < 1.29 is 4.74 Å². The molecular weight excluding hydrogens is 284 g/mol. The highest BCUT2D eigenvalue weighted by Gasteiger charge is 2.25. The molecule has 0 spiro atoms. The van der Waals surface area contributed by atoms with E-state index >= 15 is 0 Å². The van der Waals surface area contributed by atoms with Gasteiger partial charge in [0.1, 0.15) is 5.75 Å². The Hall–Kier alpha value is -2.16. The van der Waals surface area contributed by atoms with Crippen LogP contribution in [-0.4, -0.2) is 19.7 Å². The molecule has 0 aliphatic rings. The third kappa shape index (κ3) is 5.85. The van der Waals surface area contributed by atoms with Crippen LogP contribution >= 0.6 is 0 Å². The van der Waals surface area contributed by atoms with Gasteiger partial charge in [0.05, 0.1) is 7.11 Å². The lowest BCUT2D eigenvalue weighted by Gasteiger charge is -2.34. The molecular formula is C20H30N2O. The zero-order valence-corrected chi connectivity index (χ0v) is 15.1. The molecule has 0 saturated heterocycles. The third-order valence-electron chi connectivity index (χ3n) is 4.18. The highest BCUT2D eigenvalue weighted by Crippen LogP contribution is 2.22. The van der Waals surface area contributed by atoms with E-state index in [0.717, 1.165) is 29.3 Å². The second-order valence-electron chi connectivity index (χ2n) is 6.50. The third-order valence-corrected chi connectivity index (χ3v) is 4.18. The van der Waals surface area contributed by atoms with Crippen molar-refractivity contribution in [2.24, 2.45) is 5.41 Å². The van der Waals surface area contributed by atoms with Crippen molar-refractivity contribution in [2.75, 3.05) is 13.7 Å². The molecule has 1 aromatic carbocycles. The van der Waals surface area contributed by atoms with E-state index in [1.807, 2.05) is 30.3 Å². The number of hydrogen-bond donors (Lipinski definition) is 2. The molecule has 0 aromatic heterocycles. The molecule has 126 valence electrons. The fourth-order valence-corrected chi connectivity index (χ4v) is 2.14. The lowest BCUT2D eigenvalue weighted by Crippen LogP contribution is -2.44. The van der Waals surface area contributed by atoms with E-state index in [2.05, 4.69) is 51.5 Å². The van der Waals surface area contributed by atoms with Gasteiger partial charge in [-0.15, -0.1) is 0 Å². The Morgan fingerprint density at radius 1 is 1.30 bits per heavy atom. The van der Waals surface area contributed by atoms with Crippen molar-refractivity contribution in [1.82, 2.24) is 10.6 Å². The Morgan fingerprint density at radius 3 is 2.43 bits per heavy atom. The van der Waals surface area contributed by atoms with Gasteiger partial charge in [-0.25, -0.2) is 0 Å². The summed E-state index contributed by atoms with van der Waals surface area (Å²) in [6.07, 6.45) is 3.78. The molecule has 0 aliphatic heterocycles. The van der Waals surface area contributed by atoms with Crippen molar-refractivity contribution >= 4 is 5.70 Å². The van der Waals surface area contributed by atoms with Gasteiger partial charge in [0.15, 0.2) is 0 Å². The van der Waals surface area contributed by atoms with Gasteiger partial charge >= 0.3 is 0 Å². The summed E-state index contributed by atoms with van der Waals surface area (Å²) in [5.74, 6) is 0.851. The van der Waals surface area contributed by atoms with Crippen LogP contribution in [0.2, 0.25) is 0 Å². The van der Waals surface area contributed by atoms with Crippen LogP contribution in [0.15, 0.2) is 55.3 Å². The number of methoxy groups -OCH3 is 1. The van der Waals surface area contributed by atoms with E-state index in [1.165, 1.54) is 0 Å². The Kier molecular flexibility index (Phi) is 6.95. The van der Waals surface area contributed by atoms with Gasteiger partial charge in [-0.05, 0) is 49.8 Å². The summed E-state index contributed by atoms with van der Waals surface area (Å²) in [5.41, 5.74) is 3.18. The predicted octanol–water partition coefficient (Wildman–Crippen LogP) is 4.35. The normalized spacial score (nSPS) is 13.2. The van der Waals surface area contributed by atoms with Gasteiger partial charge in [-0.1, -0.05) is 33.1 Å². The molecule has 1 unspecified atom stereocenters. The quantitative estimate of drug-likeness (QED) is 0.665. The van der Waals surface area contributed by atoms with Gasteiger partial charge in [0.25, 0.3) is 0 Å². The molecule has 0 saturated carbocycles. The average molecular weight is 314 g/mol. The zero-order chi connectivity index (χ0) is 17.5. The Bertz CT molecular complexity index is 556. The first-order valence-electron chi connectivity index (χ1n) is 7.93. The maximum atomic E-state index is 5.18. The Balaban J connectivity index is 2.61. The summed E-state index contributed by atoms with van der Waals surface area (Å²) < 4.78 is 5.18. The number of allylic oxidation sites excluding steroid dienone is 3. The van der Waals surface area contributed by atoms with Gasteiger partial charge in [0, 0.05) is 29.4 Å². The largest absolute Gasteiger partial charge is 0.497 e. The summed E-state index contributed by atoms with van der Waals surface area (Å²) in [7, 11) is 1.67. The standard InChI is InChI=1S/C20H30N2O/c1-8-9-15(2)22-17(4)20(5,6)14-21-16(3)18-10-12-19(23-7)13-11-18/h8-13,17,21-22H,1,3,14H2,2,4-7H3/b15-9+. The minimum Gasteiger partial charge on any atom is -0.497 e. The van der Waals surface area contributed by atoms with Crippen LogP contribution in [0.5, 0.6) is 5.75 Å². The molecule has 3 heteroatoms. The number of nitrogens with one attached hydrogen (secondary N) is 2. The highest BCUT2D eigenvalue weighted by atomic mass is 16.5. The summed E-state index contributed by atoms with van der Waals surface area (Å²) >= 11 is 0. The molecule has 3 nitrogen and oxygen atoms in total. The maximum Gasteiger partial charge on any atom is 0.118 e. The molecule has 0 radical (unpaired) electrons. The molecule has 1 rings (SSSR count). The Labute approximate surface area is 141 Å². The summed E-state index contributed by atoms with van der Waals surface area (Å²) in [6.45, 7) is 17.4. The van der Waals surface area contributed by atoms with Gasteiger partial charge < -0.3 is 15.4 Å². The first kappa shape index (κ1) is 18.9. The van der Waals surface area contributed by atoms with Crippen molar-refractivity contribution in [2.45, 2.75) is 33.7 Å². The van der Waals surface area contributed by atoms with Crippen LogP contribution in [0.4, 0.5) is 0 Å². The van der Waals surface area contributed by atoms with Crippen LogP contribution in [0.25, 0.3) is 5.70 Å². The van der Waals surface area contributed by atoms with E-state index in [-0.39, 0.29) is 5.41 Å². The number of hydrogen-bond acceptors (Lipinski definition) is 3.